The number of hydrogen-bond acceptors (Lipinski definition) is 3. The van der Waals surface area contributed by atoms with Gasteiger partial charge in [0.25, 0.3) is 11.1 Å². The molecule has 27 heavy (non-hydrogen) atoms. The lowest BCUT2D eigenvalue weighted by Crippen LogP contribution is -2.22. The third-order valence-corrected chi connectivity index (χ3v) is 4.89. The van der Waals surface area contributed by atoms with E-state index in [2.05, 4.69) is 4.98 Å². The molecule has 4 aromatic rings. The summed E-state index contributed by atoms with van der Waals surface area (Å²) in [5.74, 6) is 0. The van der Waals surface area contributed by atoms with Crippen molar-refractivity contribution in [3.05, 3.63) is 79.5 Å². The van der Waals surface area contributed by atoms with E-state index in [4.69, 9.17) is 23.2 Å². The molecular formula is C20H15Cl2N3O2. The van der Waals surface area contributed by atoms with Gasteiger partial charge in [0, 0.05) is 28.5 Å². The predicted octanol–water partition coefficient (Wildman–Crippen LogP) is 4.59. The average molecular weight is 400 g/mol. The van der Waals surface area contributed by atoms with Crippen molar-refractivity contribution in [1.29, 1.82) is 0 Å². The second-order valence-corrected chi connectivity index (χ2v) is 7.47. The molecule has 0 saturated carbocycles. The van der Waals surface area contributed by atoms with Crippen LogP contribution < -0.4 is 11.1 Å². The molecule has 0 N–H and O–H groups in total. The van der Waals surface area contributed by atoms with Crippen LogP contribution in [-0.4, -0.2) is 14.1 Å². The van der Waals surface area contributed by atoms with E-state index in [-0.39, 0.29) is 17.2 Å². The molecule has 0 radical (unpaired) electrons. The number of fused-ring (bicyclic) bond motifs is 2. The van der Waals surface area contributed by atoms with Crippen LogP contribution in [0.1, 0.15) is 19.9 Å². The van der Waals surface area contributed by atoms with Crippen molar-refractivity contribution < 1.29 is 0 Å². The molecule has 0 amide bonds. The van der Waals surface area contributed by atoms with Crippen LogP contribution in [-0.2, 0) is 0 Å². The Hall–Kier alpha value is -2.63. The molecule has 0 saturated heterocycles. The van der Waals surface area contributed by atoms with Gasteiger partial charge in [-0.1, -0.05) is 23.2 Å². The lowest BCUT2D eigenvalue weighted by Gasteiger charge is -2.11. The highest BCUT2D eigenvalue weighted by Crippen LogP contribution is 2.22. The Morgan fingerprint density at radius 1 is 0.852 bits per heavy atom. The summed E-state index contributed by atoms with van der Waals surface area (Å²) in [6.45, 7) is 3.86. The van der Waals surface area contributed by atoms with Crippen LogP contribution in [0, 0.1) is 0 Å². The summed E-state index contributed by atoms with van der Waals surface area (Å²) in [6.07, 6.45) is 3.35. The molecule has 136 valence electrons. The largest absolute Gasteiger partial charge is 0.312 e. The Morgan fingerprint density at radius 2 is 1.44 bits per heavy atom. The molecule has 1 aromatic carbocycles. The molecule has 0 bridgehead atoms. The van der Waals surface area contributed by atoms with Crippen LogP contribution in [0.4, 0.5) is 0 Å². The first-order valence-corrected chi connectivity index (χ1v) is 9.14. The van der Waals surface area contributed by atoms with E-state index in [0.717, 1.165) is 0 Å². The predicted molar refractivity (Wildman–Crippen MR) is 110 cm³/mol. The molecule has 3 aromatic heterocycles. The summed E-state index contributed by atoms with van der Waals surface area (Å²) in [5, 5.41) is 1.64. The van der Waals surface area contributed by atoms with Gasteiger partial charge in [-0.05, 0) is 50.2 Å². The number of halogens is 2. The Bertz CT molecular complexity index is 1300. The molecule has 0 aliphatic rings. The van der Waals surface area contributed by atoms with Gasteiger partial charge in [-0.25, -0.2) is 4.98 Å². The first kappa shape index (κ1) is 17.8. The summed E-state index contributed by atoms with van der Waals surface area (Å²) in [5.41, 5.74) is 1.18. The summed E-state index contributed by atoms with van der Waals surface area (Å²) in [7, 11) is 0. The molecule has 0 atom stereocenters. The van der Waals surface area contributed by atoms with Crippen LogP contribution in [0.2, 0.25) is 10.0 Å². The van der Waals surface area contributed by atoms with E-state index >= 15 is 0 Å². The number of pyridine rings is 3. The fraction of sp³-hybridized carbons (Fsp3) is 0.150. The van der Waals surface area contributed by atoms with E-state index in [1.165, 1.54) is 4.57 Å². The summed E-state index contributed by atoms with van der Waals surface area (Å²) in [6, 6.07) is 10.1. The van der Waals surface area contributed by atoms with Gasteiger partial charge in [-0.15, -0.1) is 0 Å². The van der Waals surface area contributed by atoms with Gasteiger partial charge in [0.1, 0.15) is 0 Å². The standard InChI is InChI=1S/C20H15Cl2N3O2/c1-11(2)24-5-3-17-15(19(24)26)10-16-18(23-17)4-6-25(20(16)27)14-8-12(21)7-13(22)9-14/h3-11H,1-2H3. The van der Waals surface area contributed by atoms with Crippen LogP contribution in [0.3, 0.4) is 0 Å². The molecule has 0 spiro atoms. The van der Waals surface area contributed by atoms with Crippen LogP contribution in [0.15, 0.2) is 58.4 Å². The highest BCUT2D eigenvalue weighted by molar-refractivity contribution is 6.34. The third kappa shape index (κ3) is 3.03. The summed E-state index contributed by atoms with van der Waals surface area (Å²) in [4.78, 5) is 30.3. The fourth-order valence-electron chi connectivity index (χ4n) is 3.13. The maximum absolute atomic E-state index is 13.1. The second-order valence-electron chi connectivity index (χ2n) is 6.59. The first-order chi connectivity index (χ1) is 12.8. The number of aromatic nitrogens is 3. The quantitative estimate of drug-likeness (QED) is 0.463. The monoisotopic (exact) mass is 399 g/mol. The lowest BCUT2D eigenvalue weighted by atomic mass is 10.1. The van der Waals surface area contributed by atoms with Crippen molar-refractivity contribution in [2.45, 2.75) is 19.9 Å². The molecule has 5 nitrogen and oxygen atoms in total. The van der Waals surface area contributed by atoms with Gasteiger partial charge < -0.3 is 4.57 Å². The fourth-order valence-corrected chi connectivity index (χ4v) is 3.64. The van der Waals surface area contributed by atoms with Crippen LogP contribution in [0.25, 0.3) is 27.5 Å². The van der Waals surface area contributed by atoms with Gasteiger partial charge in [-0.3, -0.25) is 14.2 Å². The molecule has 0 aliphatic carbocycles. The van der Waals surface area contributed by atoms with Crippen LogP contribution >= 0.6 is 23.2 Å². The molecule has 0 aliphatic heterocycles. The van der Waals surface area contributed by atoms with Gasteiger partial charge >= 0.3 is 0 Å². The van der Waals surface area contributed by atoms with Crippen molar-refractivity contribution in [2.24, 2.45) is 0 Å². The normalized spacial score (nSPS) is 11.6. The van der Waals surface area contributed by atoms with E-state index in [1.54, 1.807) is 53.4 Å². The van der Waals surface area contributed by atoms with E-state index in [9.17, 15) is 9.59 Å². The zero-order valence-electron chi connectivity index (χ0n) is 14.6. The maximum Gasteiger partial charge on any atom is 0.264 e. The molecule has 0 fully saturated rings. The number of benzene rings is 1. The minimum atomic E-state index is -0.292. The Balaban J connectivity index is 2.04. The number of nitrogens with zero attached hydrogens (tertiary/aromatic N) is 3. The zero-order valence-corrected chi connectivity index (χ0v) is 16.1. The zero-order chi connectivity index (χ0) is 19.3. The van der Waals surface area contributed by atoms with Crippen molar-refractivity contribution in [3.63, 3.8) is 0 Å². The summed E-state index contributed by atoms with van der Waals surface area (Å²) < 4.78 is 3.06. The second kappa shape index (κ2) is 6.51. The van der Waals surface area contributed by atoms with Gasteiger partial charge in [0.2, 0.25) is 0 Å². The summed E-state index contributed by atoms with van der Waals surface area (Å²) >= 11 is 12.1. The Morgan fingerprint density at radius 3 is 2.07 bits per heavy atom. The number of rotatable bonds is 2. The SMILES string of the molecule is CC(C)n1ccc2nc3ccn(-c4cc(Cl)cc(Cl)c4)c(=O)c3cc2c1=O. The molecule has 7 heteroatoms. The molecule has 4 rings (SSSR count). The Labute approximate surface area is 164 Å². The number of hydrogen-bond donors (Lipinski definition) is 0. The third-order valence-electron chi connectivity index (χ3n) is 4.45. The van der Waals surface area contributed by atoms with E-state index in [0.29, 0.717) is 37.5 Å². The van der Waals surface area contributed by atoms with Gasteiger partial charge in [0.15, 0.2) is 0 Å². The maximum atomic E-state index is 13.1. The topological polar surface area (TPSA) is 56.9 Å². The molecular weight excluding hydrogens is 385 g/mol. The van der Waals surface area contributed by atoms with Crippen molar-refractivity contribution in [1.82, 2.24) is 14.1 Å². The van der Waals surface area contributed by atoms with E-state index in [1.807, 2.05) is 13.8 Å². The van der Waals surface area contributed by atoms with Gasteiger partial charge in [0.05, 0.1) is 27.5 Å². The minimum Gasteiger partial charge on any atom is -0.312 e. The molecule has 3 heterocycles. The van der Waals surface area contributed by atoms with E-state index < -0.39 is 0 Å². The highest BCUT2D eigenvalue weighted by atomic mass is 35.5. The van der Waals surface area contributed by atoms with Gasteiger partial charge in [-0.2, -0.15) is 0 Å². The van der Waals surface area contributed by atoms with Crippen molar-refractivity contribution in [3.8, 4) is 5.69 Å². The lowest BCUT2D eigenvalue weighted by molar-refractivity contribution is 0.582. The highest BCUT2D eigenvalue weighted by Gasteiger charge is 2.12. The first-order valence-electron chi connectivity index (χ1n) is 8.39. The van der Waals surface area contributed by atoms with Crippen molar-refractivity contribution in [2.75, 3.05) is 0 Å². The van der Waals surface area contributed by atoms with Crippen molar-refractivity contribution >= 4 is 45.0 Å². The average Bonchev–Trinajstić information content (AvgIpc) is 2.60. The molecule has 0 unspecified atom stereocenters. The minimum absolute atomic E-state index is 0.0126. The smallest absolute Gasteiger partial charge is 0.264 e. The Kier molecular flexibility index (Phi) is 4.29. The van der Waals surface area contributed by atoms with Crippen LogP contribution in [0.5, 0.6) is 0 Å².